The number of amides is 2. The number of urea groups is 1. The number of nitrogens with zero attached hydrogens (tertiary/aromatic N) is 3. The van der Waals surface area contributed by atoms with E-state index in [1.165, 1.54) is 0 Å². The maximum absolute atomic E-state index is 12.8. The van der Waals surface area contributed by atoms with E-state index in [1.807, 2.05) is 103 Å². The fourth-order valence-corrected chi connectivity index (χ4v) is 7.58. The number of non-ortho nitro benzene ring substituents is 1. The highest BCUT2D eigenvalue weighted by atomic mass is 16.7. The summed E-state index contributed by atoms with van der Waals surface area (Å²) in [4.78, 5) is 28.2. The van der Waals surface area contributed by atoms with Crippen LogP contribution in [-0.2, 0) is 22.6 Å². The first kappa shape index (κ1) is 40.2. The summed E-state index contributed by atoms with van der Waals surface area (Å²) in [7, 11) is 0. The third-order valence-corrected chi connectivity index (χ3v) is 10.9. The van der Waals surface area contributed by atoms with Gasteiger partial charge in [0.05, 0.1) is 23.7 Å². The van der Waals surface area contributed by atoms with Crippen LogP contribution in [0.4, 0.5) is 21.9 Å². The number of piperazine rings is 1. The first-order chi connectivity index (χ1) is 29.3. The summed E-state index contributed by atoms with van der Waals surface area (Å²) < 4.78 is 19.2. The number of nitro benzene ring substituents is 1. The standard InChI is InChI=1S/C48H47N5O7/c54-33-34-9-11-37(12-10-34)46-30-45(32-51-25-27-52(28-26-51)41-19-21-42(22-20-41)53(56)57)59-47(60-46)38-15-13-36(14-16-38)39-6-4-5-35(29-39)31-49-48(55)50-40-17-23-44(24-18-40)58-43-7-2-1-3-8-43/h1-24,29,45-47,54H,25-28,30-33H2,(H2,49,50,55). The van der Waals surface area contributed by atoms with Crippen molar-refractivity contribution in [2.75, 3.05) is 42.9 Å². The van der Waals surface area contributed by atoms with Gasteiger partial charge in [0.15, 0.2) is 6.29 Å². The fourth-order valence-electron chi connectivity index (χ4n) is 7.58. The Morgan fingerprint density at radius 2 is 1.43 bits per heavy atom. The molecule has 12 heteroatoms. The molecular weight excluding hydrogens is 759 g/mol. The second kappa shape index (κ2) is 19.0. The van der Waals surface area contributed by atoms with E-state index >= 15 is 0 Å². The molecule has 6 aromatic rings. The molecule has 3 N–H and O–H groups in total. The van der Waals surface area contributed by atoms with E-state index in [4.69, 9.17) is 14.2 Å². The summed E-state index contributed by atoms with van der Waals surface area (Å²) >= 11 is 0. The smallest absolute Gasteiger partial charge is 0.319 e. The third-order valence-electron chi connectivity index (χ3n) is 10.9. The highest BCUT2D eigenvalue weighted by molar-refractivity contribution is 5.89. The number of nitrogens with one attached hydrogen (secondary N) is 2. The highest BCUT2D eigenvalue weighted by Crippen LogP contribution is 2.39. The van der Waals surface area contributed by atoms with Crippen molar-refractivity contribution in [3.63, 3.8) is 0 Å². The predicted molar refractivity (Wildman–Crippen MR) is 231 cm³/mol. The van der Waals surface area contributed by atoms with Gasteiger partial charge >= 0.3 is 6.03 Å². The molecule has 0 bridgehead atoms. The van der Waals surface area contributed by atoms with Crippen LogP contribution in [0.5, 0.6) is 11.5 Å². The van der Waals surface area contributed by atoms with Gasteiger partial charge in [-0.25, -0.2) is 4.79 Å². The van der Waals surface area contributed by atoms with Crippen molar-refractivity contribution in [1.29, 1.82) is 0 Å². The minimum atomic E-state index is -0.580. The first-order valence-corrected chi connectivity index (χ1v) is 20.1. The number of aliphatic hydroxyl groups is 1. The lowest BCUT2D eigenvalue weighted by molar-refractivity contribution is -0.384. The van der Waals surface area contributed by atoms with Gasteiger partial charge in [0, 0.05) is 74.8 Å². The lowest BCUT2D eigenvalue weighted by Gasteiger charge is -2.41. The molecule has 2 amide bonds. The van der Waals surface area contributed by atoms with Crippen molar-refractivity contribution in [2.24, 2.45) is 0 Å². The molecule has 0 spiro atoms. The van der Waals surface area contributed by atoms with E-state index in [2.05, 4.69) is 44.7 Å². The number of para-hydroxylation sites is 1. The summed E-state index contributed by atoms with van der Waals surface area (Å²) in [5, 5.41) is 26.6. The number of nitro groups is 1. The molecule has 0 radical (unpaired) electrons. The molecule has 306 valence electrons. The van der Waals surface area contributed by atoms with Crippen molar-refractivity contribution in [3.8, 4) is 22.6 Å². The van der Waals surface area contributed by atoms with Crippen LogP contribution >= 0.6 is 0 Å². The molecular formula is C48H47N5O7. The second-order valence-corrected chi connectivity index (χ2v) is 15.0. The lowest BCUT2D eigenvalue weighted by atomic mass is 9.98. The quantitative estimate of drug-likeness (QED) is 0.0770. The van der Waals surface area contributed by atoms with E-state index in [0.29, 0.717) is 24.4 Å². The van der Waals surface area contributed by atoms with E-state index in [9.17, 15) is 20.0 Å². The van der Waals surface area contributed by atoms with E-state index in [-0.39, 0.29) is 35.5 Å². The van der Waals surface area contributed by atoms with Gasteiger partial charge in [-0.2, -0.15) is 0 Å². The Labute approximate surface area is 349 Å². The fraction of sp³-hybridized carbons (Fsp3) is 0.229. The van der Waals surface area contributed by atoms with Crippen LogP contribution in [0.15, 0.2) is 152 Å². The zero-order chi connectivity index (χ0) is 41.3. The molecule has 2 heterocycles. The van der Waals surface area contributed by atoms with Crippen molar-refractivity contribution >= 4 is 23.1 Å². The van der Waals surface area contributed by atoms with Crippen LogP contribution in [0.1, 0.15) is 41.1 Å². The Hall–Kier alpha value is -6.57. The Bertz CT molecular complexity index is 2340. The normalized spacial score (nSPS) is 18.1. The van der Waals surface area contributed by atoms with Gasteiger partial charge in [-0.05, 0) is 82.4 Å². The summed E-state index contributed by atoms with van der Waals surface area (Å²) in [6, 6.07) is 47.4. The molecule has 0 aromatic heterocycles. The Kier molecular flexibility index (Phi) is 12.7. The van der Waals surface area contributed by atoms with Crippen LogP contribution in [0, 0.1) is 10.1 Å². The van der Waals surface area contributed by atoms with Gasteiger partial charge in [0.1, 0.15) is 11.5 Å². The zero-order valence-electron chi connectivity index (χ0n) is 33.1. The van der Waals surface area contributed by atoms with Gasteiger partial charge in [-0.3, -0.25) is 15.0 Å². The van der Waals surface area contributed by atoms with Crippen molar-refractivity contribution < 1.29 is 29.0 Å². The monoisotopic (exact) mass is 805 g/mol. The third kappa shape index (κ3) is 10.3. The van der Waals surface area contributed by atoms with Gasteiger partial charge in [-0.15, -0.1) is 0 Å². The number of carbonyl (C=O) groups is 1. The number of hydrogen-bond donors (Lipinski definition) is 3. The predicted octanol–water partition coefficient (Wildman–Crippen LogP) is 9.24. The Morgan fingerprint density at radius 1 is 0.733 bits per heavy atom. The topological polar surface area (TPSA) is 139 Å². The largest absolute Gasteiger partial charge is 0.457 e. The maximum atomic E-state index is 12.8. The number of aliphatic hydroxyl groups excluding tert-OH is 1. The number of ether oxygens (including phenoxy) is 3. The second-order valence-electron chi connectivity index (χ2n) is 15.0. The number of hydrogen-bond acceptors (Lipinski definition) is 9. The Morgan fingerprint density at radius 3 is 2.13 bits per heavy atom. The summed E-state index contributed by atoms with van der Waals surface area (Å²) in [5.41, 5.74) is 7.54. The first-order valence-electron chi connectivity index (χ1n) is 20.1. The molecule has 2 saturated heterocycles. The number of rotatable bonds is 13. The minimum absolute atomic E-state index is 0.0191. The molecule has 3 atom stereocenters. The van der Waals surface area contributed by atoms with Crippen LogP contribution in [0.3, 0.4) is 0 Å². The SMILES string of the molecule is O=C(NCc1cccc(-c2ccc(C3OC(CN4CCN(c5ccc([N+](=O)[O-])cc5)CC4)CC(c4ccc(CO)cc4)O3)cc2)c1)Nc1ccc(Oc2ccccc2)cc1. The van der Waals surface area contributed by atoms with Crippen LogP contribution in [-0.4, -0.2) is 59.8 Å². The lowest BCUT2D eigenvalue weighted by Crippen LogP contribution is -2.49. The molecule has 2 aliphatic heterocycles. The summed E-state index contributed by atoms with van der Waals surface area (Å²) in [6.45, 7) is 4.37. The molecule has 0 saturated carbocycles. The van der Waals surface area contributed by atoms with E-state index in [0.717, 1.165) is 77.5 Å². The maximum Gasteiger partial charge on any atom is 0.319 e. The van der Waals surface area contributed by atoms with Gasteiger partial charge in [-0.1, -0.05) is 84.9 Å². The molecule has 2 aliphatic rings. The molecule has 3 unspecified atom stereocenters. The van der Waals surface area contributed by atoms with E-state index in [1.54, 1.807) is 24.3 Å². The summed E-state index contributed by atoms with van der Waals surface area (Å²) in [6.07, 6.45) is -0.184. The molecule has 60 heavy (non-hydrogen) atoms. The van der Waals surface area contributed by atoms with Gasteiger partial charge in [0.25, 0.3) is 5.69 Å². The van der Waals surface area contributed by atoms with Gasteiger partial charge in [0.2, 0.25) is 0 Å². The average Bonchev–Trinajstić information content (AvgIpc) is 3.30. The molecule has 8 rings (SSSR count). The Balaban J connectivity index is 0.880. The zero-order valence-corrected chi connectivity index (χ0v) is 33.1. The van der Waals surface area contributed by atoms with Gasteiger partial charge < -0.3 is 34.9 Å². The van der Waals surface area contributed by atoms with Crippen LogP contribution in [0.25, 0.3) is 11.1 Å². The van der Waals surface area contributed by atoms with Crippen molar-refractivity contribution in [2.45, 2.75) is 38.1 Å². The molecule has 0 aliphatic carbocycles. The van der Waals surface area contributed by atoms with Crippen LogP contribution < -0.4 is 20.3 Å². The molecule has 12 nitrogen and oxygen atoms in total. The van der Waals surface area contributed by atoms with E-state index < -0.39 is 6.29 Å². The molecule has 6 aromatic carbocycles. The number of carbonyl (C=O) groups excluding carboxylic acids is 1. The van der Waals surface area contributed by atoms with Crippen molar-refractivity contribution in [3.05, 3.63) is 184 Å². The highest BCUT2D eigenvalue weighted by Gasteiger charge is 2.34. The summed E-state index contributed by atoms with van der Waals surface area (Å²) in [5.74, 6) is 1.42. The van der Waals surface area contributed by atoms with Crippen LogP contribution in [0.2, 0.25) is 0 Å². The minimum Gasteiger partial charge on any atom is -0.457 e. The average molecular weight is 806 g/mol. The number of anilines is 2. The van der Waals surface area contributed by atoms with Crippen molar-refractivity contribution in [1.82, 2.24) is 10.2 Å². The molecule has 2 fully saturated rings. The number of benzene rings is 6.